The number of aliphatic hydroxyl groups excluding tert-OH is 1. The Bertz CT molecular complexity index is 403. The molecule has 1 heterocycles. The van der Waals surface area contributed by atoms with Gasteiger partial charge in [0.2, 0.25) is 0 Å². The lowest BCUT2D eigenvalue weighted by Crippen LogP contribution is -2.21. The van der Waals surface area contributed by atoms with Crippen LogP contribution in [-0.4, -0.2) is 30.2 Å². The van der Waals surface area contributed by atoms with Crippen LogP contribution in [0.5, 0.6) is 0 Å². The summed E-state index contributed by atoms with van der Waals surface area (Å²) in [5.41, 5.74) is 0.921. The van der Waals surface area contributed by atoms with E-state index < -0.39 is 0 Å². The summed E-state index contributed by atoms with van der Waals surface area (Å²) in [6, 6.07) is 10.0. The summed E-state index contributed by atoms with van der Waals surface area (Å²) in [4.78, 5) is 2.03. The number of hydrogen-bond acceptors (Lipinski definition) is 3. The van der Waals surface area contributed by atoms with Crippen molar-refractivity contribution in [2.75, 3.05) is 20.2 Å². The van der Waals surface area contributed by atoms with Crippen LogP contribution in [0.25, 0.3) is 11.0 Å². The van der Waals surface area contributed by atoms with Gasteiger partial charge in [-0.25, -0.2) is 0 Å². The van der Waals surface area contributed by atoms with Crippen LogP contribution < -0.4 is 0 Å². The number of rotatable bonds is 4. The van der Waals surface area contributed by atoms with E-state index in [4.69, 9.17) is 9.52 Å². The second-order valence-corrected chi connectivity index (χ2v) is 3.71. The quantitative estimate of drug-likeness (QED) is 0.827. The van der Waals surface area contributed by atoms with Gasteiger partial charge in [0.1, 0.15) is 11.3 Å². The molecule has 2 aromatic rings. The SMILES string of the molecule is CN(CCO)Cc1cc2ccccc2o1. The molecule has 0 unspecified atom stereocenters. The molecule has 80 valence electrons. The third-order valence-corrected chi connectivity index (χ3v) is 2.38. The minimum atomic E-state index is 0.177. The van der Waals surface area contributed by atoms with E-state index in [1.165, 1.54) is 0 Å². The molecular weight excluding hydrogens is 190 g/mol. The van der Waals surface area contributed by atoms with Crippen LogP contribution in [-0.2, 0) is 6.54 Å². The van der Waals surface area contributed by atoms with Crippen molar-refractivity contribution in [3.8, 4) is 0 Å². The standard InChI is InChI=1S/C12H15NO2/c1-13(6-7-14)9-11-8-10-4-2-3-5-12(10)15-11/h2-5,8,14H,6-7,9H2,1H3. The summed E-state index contributed by atoms with van der Waals surface area (Å²) in [6.07, 6.45) is 0. The Morgan fingerprint density at radius 1 is 1.33 bits per heavy atom. The highest BCUT2D eigenvalue weighted by atomic mass is 16.3. The van der Waals surface area contributed by atoms with E-state index in [0.29, 0.717) is 6.54 Å². The average molecular weight is 205 g/mol. The van der Waals surface area contributed by atoms with E-state index in [-0.39, 0.29) is 6.61 Å². The largest absolute Gasteiger partial charge is 0.460 e. The monoisotopic (exact) mass is 205 g/mol. The maximum absolute atomic E-state index is 8.78. The van der Waals surface area contributed by atoms with Gasteiger partial charge in [-0.05, 0) is 19.2 Å². The van der Waals surface area contributed by atoms with Crippen molar-refractivity contribution in [3.63, 3.8) is 0 Å². The van der Waals surface area contributed by atoms with Crippen molar-refractivity contribution < 1.29 is 9.52 Å². The van der Waals surface area contributed by atoms with Crippen LogP contribution in [0, 0.1) is 0 Å². The number of benzene rings is 1. The molecule has 0 aliphatic carbocycles. The first kappa shape index (κ1) is 10.2. The second kappa shape index (κ2) is 4.47. The molecule has 0 amide bonds. The number of aliphatic hydroxyl groups is 1. The number of furan rings is 1. The van der Waals surface area contributed by atoms with E-state index in [1.54, 1.807) is 0 Å². The van der Waals surface area contributed by atoms with E-state index in [9.17, 15) is 0 Å². The van der Waals surface area contributed by atoms with Gasteiger partial charge >= 0.3 is 0 Å². The molecule has 1 aromatic heterocycles. The molecule has 0 radical (unpaired) electrons. The molecule has 0 saturated heterocycles. The van der Waals surface area contributed by atoms with Crippen LogP contribution in [0.15, 0.2) is 34.7 Å². The highest BCUT2D eigenvalue weighted by molar-refractivity contribution is 5.77. The summed E-state index contributed by atoms with van der Waals surface area (Å²) in [5, 5.41) is 9.91. The van der Waals surface area contributed by atoms with Gasteiger partial charge < -0.3 is 9.52 Å². The summed E-state index contributed by atoms with van der Waals surface area (Å²) >= 11 is 0. The third kappa shape index (κ3) is 2.37. The summed E-state index contributed by atoms with van der Waals surface area (Å²) in [6.45, 7) is 1.57. The maximum Gasteiger partial charge on any atom is 0.134 e. The van der Waals surface area contributed by atoms with Gasteiger partial charge in [0.05, 0.1) is 13.2 Å². The van der Waals surface area contributed by atoms with Crippen molar-refractivity contribution in [2.24, 2.45) is 0 Å². The van der Waals surface area contributed by atoms with Crippen molar-refractivity contribution in [1.29, 1.82) is 0 Å². The van der Waals surface area contributed by atoms with Crippen molar-refractivity contribution in [1.82, 2.24) is 4.90 Å². The van der Waals surface area contributed by atoms with Crippen molar-refractivity contribution in [2.45, 2.75) is 6.54 Å². The number of nitrogens with zero attached hydrogens (tertiary/aromatic N) is 1. The van der Waals surface area contributed by atoms with Gasteiger partial charge in [-0.15, -0.1) is 0 Å². The molecule has 3 nitrogen and oxygen atoms in total. The van der Waals surface area contributed by atoms with Gasteiger partial charge in [-0.2, -0.15) is 0 Å². The number of hydrogen-bond donors (Lipinski definition) is 1. The highest BCUT2D eigenvalue weighted by Crippen LogP contribution is 2.19. The van der Waals surface area contributed by atoms with E-state index >= 15 is 0 Å². The predicted molar refractivity (Wildman–Crippen MR) is 59.6 cm³/mol. The first-order valence-corrected chi connectivity index (χ1v) is 5.06. The zero-order valence-corrected chi connectivity index (χ0v) is 8.81. The topological polar surface area (TPSA) is 36.6 Å². The first-order chi connectivity index (χ1) is 7.29. The molecule has 0 atom stereocenters. The fraction of sp³-hybridized carbons (Fsp3) is 0.333. The van der Waals surface area contributed by atoms with Crippen molar-refractivity contribution >= 4 is 11.0 Å². The lowest BCUT2D eigenvalue weighted by molar-refractivity contribution is 0.209. The molecule has 3 heteroatoms. The fourth-order valence-electron chi connectivity index (χ4n) is 1.63. The lowest BCUT2D eigenvalue weighted by Gasteiger charge is -2.12. The Kier molecular flexibility index (Phi) is 3.04. The molecule has 0 fully saturated rings. The van der Waals surface area contributed by atoms with Crippen LogP contribution in [0.2, 0.25) is 0 Å². The summed E-state index contributed by atoms with van der Waals surface area (Å²) < 4.78 is 5.66. The molecule has 0 aliphatic rings. The molecule has 0 bridgehead atoms. The number of likely N-dealkylation sites (N-methyl/N-ethyl adjacent to an activating group) is 1. The Balaban J connectivity index is 2.15. The number of para-hydroxylation sites is 1. The molecule has 0 spiro atoms. The van der Waals surface area contributed by atoms with Gasteiger partial charge in [0.25, 0.3) is 0 Å². The van der Waals surface area contributed by atoms with Crippen molar-refractivity contribution in [3.05, 3.63) is 36.1 Å². The zero-order valence-electron chi connectivity index (χ0n) is 8.81. The normalized spacial score (nSPS) is 11.4. The van der Waals surface area contributed by atoms with Crippen LogP contribution >= 0.6 is 0 Å². The third-order valence-electron chi connectivity index (χ3n) is 2.38. The molecule has 0 aliphatic heterocycles. The Morgan fingerprint density at radius 2 is 2.13 bits per heavy atom. The van der Waals surface area contributed by atoms with Gasteiger partial charge in [-0.3, -0.25) is 4.90 Å². The van der Waals surface area contributed by atoms with Gasteiger partial charge in [0.15, 0.2) is 0 Å². The predicted octanol–water partition coefficient (Wildman–Crippen LogP) is 1.86. The molecule has 2 rings (SSSR count). The highest BCUT2D eigenvalue weighted by Gasteiger charge is 2.05. The van der Waals surface area contributed by atoms with Crippen LogP contribution in [0.1, 0.15) is 5.76 Å². The van der Waals surface area contributed by atoms with Gasteiger partial charge in [-0.1, -0.05) is 18.2 Å². The minimum Gasteiger partial charge on any atom is -0.460 e. The van der Waals surface area contributed by atoms with Crippen LogP contribution in [0.3, 0.4) is 0 Å². The smallest absolute Gasteiger partial charge is 0.134 e. The molecule has 1 aromatic carbocycles. The Morgan fingerprint density at radius 3 is 2.87 bits per heavy atom. The zero-order chi connectivity index (χ0) is 10.7. The van der Waals surface area contributed by atoms with Gasteiger partial charge in [0, 0.05) is 11.9 Å². The fourth-order valence-corrected chi connectivity index (χ4v) is 1.63. The molecule has 0 saturated carbocycles. The molecular formula is C12H15NO2. The van der Waals surface area contributed by atoms with E-state index in [1.807, 2.05) is 42.3 Å². The van der Waals surface area contributed by atoms with Crippen LogP contribution in [0.4, 0.5) is 0 Å². The molecule has 15 heavy (non-hydrogen) atoms. The Labute approximate surface area is 88.9 Å². The summed E-state index contributed by atoms with van der Waals surface area (Å²) in [7, 11) is 1.96. The first-order valence-electron chi connectivity index (χ1n) is 5.06. The average Bonchev–Trinajstić information content (AvgIpc) is 2.59. The second-order valence-electron chi connectivity index (χ2n) is 3.71. The lowest BCUT2D eigenvalue weighted by atomic mass is 10.2. The minimum absolute atomic E-state index is 0.177. The van der Waals surface area contributed by atoms with E-state index in [0.717, 1.165) is 23.3 Å². The Hall–Kier alpha value is -1.32. The summed E-state index contributed by atoms with van der Waals surface area (Å²) in [5.74, 6) is 0.937. The molecule has 1 N–H and O–H groups in total. The number of fused-ring (bicyclic) bond motifs is 1. The maximum atomic E-state index is 8.78. The van der Waals surface area contributed by atoms with E-state index in [2.05, 4.69) is 0 Å².